The van der Waals surface area contributed by atoms with E-state index in [2.05, 4.69) is 17.7 Å². The fraction of sp³-hybridized carbons (Fsp3) is 0.231. The topological polar surface area (TPSA) is 34.9 Å². The second-order valence-electron chi connectivity index (χ2n) is 3.85. The fourth-order valence-corrected chi connectivity index (χ4v) is 2.69. The minimum Gasteiger partial charge on any atom is -0.266 e. The Morgan fingerprint density at radius 3 is 2.89 bits per heavy atom. The van der Waals surface area contributed by atoms with E-state index in [1.807, 2.05) is 38.1 Å². The van der Waals surface area contributed by atoms with Crippen molar-refractivity contribution in [3.8, 4) is 5.69 Å². The predicted octanol–water partition coefficient (Wildman–Crippen LogP) is 2.94. The third kappa shape index (κ3) is 2.62. The minimum atomic E-state index is -0.111. The number of hydrogen-bond donors (Lipinski definition) is 1. The molecule has 0 atom stereocenters. The Morgan fingerprint density at radius 2 is 2.22 bits per heavy atom. The smallest absolute Gasteiger partial charge is 0.266 e. The summed E-state index contributed by atoms with van der Waals surface area (Å²) in [5, 5.41) is 4.15. The summed E-state index contributed by atoms with van der Waals surface area (Å²) in [6, 6.07) is 7.72. The van der Waals surface area contributed by atoms with Crippen LogP contribution < -0.4 is 5.56 Å². The van der Waals surface area contributed by atoms with Gasteiger partial charge in [0.25, 0.3) is 5.56 Å². The van der Waals surface area contributed by atoms with Crippen molar-refractivity contribution in [3.63, 3.8) is 0 Å². The molecule has 0 aliphatic heterocycles. The van der Waals surface area contributed by atoms with Gasteiger partial charge in [-0.25, -0.2) is 0 Å². The molecule has 0 aliphatic rings. The van der Waals surface area contributed by atoms with Gasteiger partial charge in [0, 0.05) is 4.90 Å². The summed E-state index contributed by atoms with van der Waals surface area (Å²) in [5.74, 6) is 0.834. The molecule has 1 aromatic heterocycles. The first kappa shape index (κ1) is 13.2. The standard InChI is InChI=1S/C13H14N2OS2/c1-3-18-12-11(17)8-14-15(13(12)16)10-6-4-5-9(2)7-10/h4-8,17H,3H2,1-2H3. The molecule has 0 aliphatic carbocycles. The SMILES string of the molecule is CCSc1c(S)cnn(-c2cccc(C)c2)c1=O. The summed E-state index contributed by atoms with van der Waals surface area (Å²) in [7, 11) is 0. The van der Waals surface area contributed by atoms with Gasteiger partial charge in [-0.3, -0.25) is 4.79 Å². The van der Waals surface area contributed by atoms with Gasteiger partial charge in [-0.1, -0.05) is 19.1 Å². The van der Waals surface area contributed by atoms with Gasteiger partial charge in [-0.15, -0.1) is 24.4 Å². The van der Waals surface area contributed by atoms with Crippen LogP contribution in [0.3, 0.4) is 0 Å². The lowest BCUT2D eigenvalue weighted by atomic mass is 10.2. The molecule has 94 valence electrons. The Morgan fingerprint density at radius 1 is 1.44 bits per heavy atom. The highest BCUT2D eigenvalue weighted by atomic mass is 32.2. The largest absolute Gasteiger partial charge is 0.286 e. The van der Waals surface area contributed by atoms with Crippen molar-refractivity contribution < 1.29 is 0 Å². The molecule has 18 heavy (non-hydrogen) atoms. The summed E-state index contributed by atoms with van der Waals surface area (Å²) >= 11 is 5.78. The number of rotatable bonds is 3. The van der Waals surface area contributed by atoms with Crippen LogP contribution in [0.4, 0.5) is 0 Å². The van der Waals surface area contributed by atoms with Crippen LogP contribution in [0.2, 0.25) is 0 Å². The molecule has 3 nitrogen and oxygen atoms in total. The molecule has 2 rings (SSSR count). The molecule has 2 aromatic rings. The van der Waals surface area contributed by atoms with Crippen molar-refractivity contribution >= 4 is 24.4 Å². The number of nitrogens with zero attached hydrogens (tertiary/aromatic N) is 2. The molecule has 0 fully saturated rings. The molecular formula is C13H14N2OS2. The van der Waals surface area contributed by atoms with Gasteiger partial charge in [0.2, 0.25) is 0 Å². The fourth-order valence-electron chi connectivity index (χ4n) is 1.65. The molecule has 0 unspecified atom stereocenters. The molecule has 0 N–H and O–H groups in total. The Kier molecular flexibility index (Phi) is 4.14. The van der Waals surface area contributed by atoms with E-state index >= 15 is 0 Å². The minimum absolute atomic E-state index is 0.111. The highest BCUT2D eigenvalue weighted by Crippen LogP contribution is 2.21. The van der Waals surface area contributed by atoms with Crippen LogP contribution in [0.1, 0.15) is 12.5 Å². The average Bonchev–Trinajstić information content (AvgIpc) is 2.34. The maximum atomic E-state index is 12.3. The van der Waals surface area contributed by atoms with E-state index in [4.69, 9.17) is 0 Å². The van der Waals surface area contributed by atoms with Gasteiger partial charge < -0.3 is 0 Å². The Bertz CT molecular complexity index is 623. The zero-order valence-electron chi connectivity index (χ0n) is 10.3. The van der Waals surface area contributed by atoms with Crippen LogP contribution in [0.15, 0.2) is 45.0 Å². The first-order valence-electron chi connectivity index (χ1n) is 5.64. The van der Waals surface area contributed by atoms with Gasteiger partial charge in [0.1, 0.15) is 0 Å². The highest BCUT2D eigenvalue weighted by molar-refractivity contribution is 7.99. The lowest BCUT2D eigenvalue weighted by Crippen LogP contribution is -2.23. The number of thioether (sulfide) groups is 1. The quantitative estimate of drug-likeness (QED) is 0.692. The second kappa shape index (κ2) is 5.63. The number of thiol groups is 1. The van der Waals surface area contributed by atoms with E-state index in [0.717, 1.165) is 17.0 Å². The third-order valence-corrected chi connectivity index (χ3v) is 3.91. The lowest BCUT2D eigenvalue weighted by molar-refractivity contribution is 0.756. The van der Waals surface area contributed by atoms with Crippen molar-refractivity contribution in [2.45, 2.75) is 23.6 Å². The summed E-state index contributed by atoms with van der Waals surface area (Å²) in [6.07, 6.45) is 1.62. The Balaban J connectivity index is 2.59. The van der Waals surface area contributed by atoms with Crippen LogP contribution in [-0.2, 0) is 0 Å². The first-order chi connectivity index (χ1) is 8.63. The van der Waals surface area contributed by atoms with Gasteiger partial charge in [0.15, 0.2) is 0 Å². The third-order valence-electron chi connectivity index (χ3n) is 2.45. The van der Waals surface area contributed by atoms with Crippen molar-refractivity contribution in [1.29, 1.82) is 0 Å². The number of hydrogen-bond acceptors (Lipinski definition) is 4. The first-order valence-corrected chi connectivity index (χ1v) is 7.08. The zero-order valence-corrected chi connectivity index (χ0v) is 12.0. The lowest BCUT2D eigenvalue weighted by Gasteiger charge is -2.08. The van der Waals surface area contributed by atoms with Crippen LogP contribution in [0, 0.1) is 6.92 Å². The summed E-state index contributed by atoms with van der Waals surface area (Å²) in [4.78, 5) is 13.6. The van der Waals surface area contributed by atoms with Crippen LogP contribution in [0.5, 0.6) is 0 Å². The summed E-state index contributed by atoms with van der Waals surface area (Å²) < 4.78 is 1.42. The van der Waals surface area contributed by atoms with Gasteiger partial charge >= 0.3 is 0 Å². The van der Waals surface area contributed by atoms with Crippen LogP contribution in [0.25, 0.3) is 5.69 Å². The van der Waals surface area contributed by atoms with Crippen LogP contribution in [-0.4, -0.2) is 15.5 Å². The van der Waals surface area contributed by atoms with E-state index in [1.54, 1.807) is 6.20 Å². The number of aromatic nitrogens is 2. The maximum Gasteiger partial charge on any atom is 0.286 e. The van der Waals surface area contributed by atoms with Gasteiger partial charge in [0.05, 0.1) is 16.8 Å². The molecule has 0 bridgehead atoms. The monoisotopic (exact) mass is 278 g/mol. The van der Waals surface area contributed by atoms with E-state index in [9.17, 15) is 4.79 Å². The molecule has 1 heterocycles. The van der Waals surface area contributed by atoms with Crippen LogP contribution >= 0.6 is 24.4 Å². The molecular weight excluding hydrogens is 264 g/mol. The predicted molar refractivity (Wildman–Crippen MR) is 78.2 cm³/mol. The van der Waals surface area contributed by atoms with Gasteiger partial charge in [-0.2, -0.15) is 9.78 Å². The van der Waals surface area contributed by atoms with Crippen molar-refractivity contribution in [2.75, 3.05) is 5.75 Å². The normalized spacial score (nSPS) is 10.6. The summed E-state index contributed by atoms with van der Waals surface area (Å²) in [6.45, 7) is 4.00. The maximum absolute atomic E-state index is 12.3. The van der Waals surface area contributed by atoms with Gasteiger partial charge in [-0.05, 0) is 30.4 Å². The summed E-state index contributed by atoms with van der Waals surface area (Å²) in [5.41, 5.74) is 1.77. The zero-order chi connectivity index (χ0) is 13.1. The molecule has 0 saturated heterocycles. The number of benzene rings is 1. The Labute approximate surface area is 116 Å². The van der Waals surface area contributed by atoms with Crippen molar-refractivity contribution in [2.24, 2.45) is 0 Å². The molecule has 1 aromatic carbocycles. The Hall–Kier alpha value is -1.20. The molecule has 0 saturated carbocycles. The number of aryl methyl sites for hydroxylation is 1. The van der Waals surface area contributed by atoms with Crippen molar-refractivity contribution in [3.05, 3.63) is 46.4 Å². The molecule has 0 radical (unpaired) electrons. The van der Waals surface area contributed by atoms with E-state index in [0.29, 0.717) is 9.79 Å². The molecule has 0 amide bonds. The average molecular weight is 278 g/mol. The molecule has 0 spiro atoms. The van der Waals surface area contributed by atoms with E-state index in [-0.39, 0.29) is 5.56 Å². The second-order valence-corrected chi connectivity index (χ2v) is 5.60. The van der Waals surface area contributed by atoms with Crippen molar-refractivity contribution in [1.82, 2.24) is 9.78 Å². The van der Waals surface area contributed by atoms with E-state index < -0.39 is 0 Å². The van der Waals surface area contributed by atoms with E-state index in [1.165, 1.54) is 16.4 Å². The highest BCUT2D eigenvalue weighted by Gasteiger charge is 2.10. The molecule has 5 heteroatoms.